The number of carbonyl (C=O) groups excluding carboxylic acids is 2. The largest absolute Gasteiger partial charge is 0.351 e. The first-order valence-corrected chi connectivity index (χ1v) is 10.8. The van der Waals surface area contributed by atoms with Crippen LogP contribution in [-0.4, -0.2) is 61.7 Å². The molecule has 2 heterocycles. The maximum atomic E-state index is 13.1. The number of carbonyl (C=O) groups is 2. The van der Waals surface area contributed by atoms with Crippen molar-refractivity contribution >= 4 is 21.8 Å². The van der Waals surface area contributed by atoms with Crippen LogP contribution >= 0.6 is 0 Å². The van der Waals surface area contributed by atoms with Gasteiger partial charge in [0.2, 0.25) is 21.8 Å². The second-order valence-electron chi connectivity index (χ2n) is 7.99. The Morgan fingerprint density at radius 1 is 1.22 bits per heavy atom. The number of hydrogen-bond acceptors (Lipinski definition) is 4. The van der Waals surface area contributed by atoms with Gasteiger partial charge in [0.05, 0.1) is 10.8 Å². The van der Waals surface area contributed by atoms with E-state index in [4.69, 9.17) is 0 Å². The monoisotopic (exact) mass is 391 g/mol. The number of hydrogen-bond donors (Lipinski definition) is 1. The van der Waals surface area contributed by atoms with Crippen LogP contribution in [0.25, 0.3) is 0 Å². The first kappa shape index (κ1) is 18.4. The predicted octanol–water partition coefficient (Wildman–Crippen LogP) is 0.741. The van der Waals surface area contributed by atoms with Crippen LogP contribution in [-0.2, 0) is 19.6 Å². The van der Waals surface area contributed by atoms with Crippen molar-refractivity contribution in [2.75, 3.05) is 20.1 Å². The van der Waals surface area contributed by atoms with E-state index in [0.29, 0.717) is 23.9 Å². The van der Waals surface area contributed by atoms with Crippen LogP contribution in [0.1, 0.15) is 24.8 Å². The number of aryl methyl sites for hydroxylation is 1. The van der Waals surface area contributed by atoms with Crippen LogP contribution in [0.5, 0.6) is 0 Å². The summed E-state index contributed by atoms with van der Waals surface area (Å²) in [5, 5.41) is 3.01. The smallest absolute Gasteiger partial charge is 0.243 e. The molecule has 4 atom stereocenters. The van der Waals surface area contributed by atoms with E-state index in [-0.39, 0.29) is 36.2 Å². The SMILES string of the molecule is Cc1ccc(S(=O)(=O)N2CC[C@@H]3C[C@H](NC(=O)C4CC(=O)N(C)C4)[C@@H]32)cc1. The van der Waals surface area contributed by atoms with E-state index in [1.165, 1.54) is 0 Å². The molecular weight excluding hydrogens is 366 g/mol. The van der Waals surface area contributed by atoms with E-state index in [1.807, 2.05) is 6.92 Å². The molecular formula is C19H25N3O4S. The third kappa shape index (κ3) is 3.14. The Bertz CT molecular complexity index is 867. The number of nitrogens with one attached hydrogen (secondary N) is 1. The van der Waals surface area contributed by atoms with E-state index >= 15 is 0 Å². The second kappa shape index (κ2) is 6.60. The zero-order valence-corrected chi connectivity index (χ0v) is 16.4. The van der Waals surface area contributed by atoms with Gasteiger partial charge in [-0.3, -0.25) is 9.59 Å². The van der Waals surface area contributed by atoms with Gasteiger partial charge in [-0.25, -0.2) is 8.42 Å². The van der Waals surface area contributed by atoms with E-state index < -0.39 is 10.0 Å². The summed E-state index contributed by atoms with van der Waals surface area (Å²) >= 11 is 0. The summed E-state index contributed by atoms with van der Waals surface area (Å²) in [5.41, 5.74) is 1.01. The Kier molecular flexibility index (Phi) is 4.50. The van der Waals surface area contributed by atoms with Crippen molar-refractivity contribution < 1.29 is 18.0 Å². The van der Waals surface area contributed by atoms with Crippen molar-refractivity contribution in [2.24, 2.45) is 11.8 Å². The quantitative estimate of drug-likeness (QED) is 0.820. The van der Waals surface area contributed by atoms with Gasteiger partial charge >= 0.3 is 0 Å². The summed E-state index contributed by atoms with van der Waals surface area (Å²) in [7, 11) is -1.88. The van der Waals surface area contributed by atoms with Crippen molar-refractivity contribution in [2.45, 2.75) is 43.2 Å². The first-order valence-electron chi connectivity index (χ1n) is 9.40. The molecule has 1 aromatic rings. The van der Waals surface area contributed by atoms with Crippen molar-refractivity contribution in [3.63, 3.8) is 0 Å². The highest BCUT2D eigenvalue weighted by Crippen LogP contribution is 2.43. The minimum absolute atomic E-state index is 0.0222. The molecule has 0 bridgehead atoms. The Labute approximate surface area is 159 Å². The molecule has 8 heteroatoms. The highest BCUT2D eigenvalue weighted by Gasteiger charge is 2.53. The van der Waals surface area contributed by atoms with E-state index in [1.54, 1.807) is 40.5 Å². The van der Waals surface area contributed by atoms with Gasteiger partial charge < -0.3 is 10.2 Å². The topological polar surface area (TPSA) is 86.8 Å². The zero-order valence-electron chi connectivity index (χ0n) is 15.6. The maximum Gasteiger partial charge on any atom is 0.243 e. The van der Waals surface area contributed by atoms with Crippen molar-refractivity contribution in [1.82, 2.24) is 14.5 Å². The lowest BCUT2D eigenvalue weighted by Gasteiger charge is -2.44. The fraction of sp³-hybridized carbons (Fsp3) is 0.579. The van der Waals surface area contributed by atoms with Crippen molar-refractivity contribution in [1.29, 1.82) is 0 Å². The fourth-order valence-electron chi connectivity index (χ4n) is 4.51. The van der Waals surface area contributed by atoms with Gasteiger partial charge in [0, 0.05) is 38.6 Å². The van der Waals surface area contributed by atoms with Crippen molar-refractivity contribution in [3.8, 4) is 0 Å². The lowest BCUT2D eigenvalue weighted by atomic mass is 9.75. The van der Waals surface area contributed by atoms with Gasteiger partial charge in [0.25, 0.3) is 0 Å². The number of sulfonamides is 1. The number of likely N-dealkylation sites (tertiary alicyclic amines) is 1. The normalized spacial score (nSPS) is 30.9. The summed E-state index contributed by atoms with van der Waals surface area (Å²) in [6.45, 7) is 2.84. The fourth-order valence-corrected chi connectivity index (χ4v) is 6.25. The Morgan fingerprint density at radius 3 is 2.56 bits per heavy atom. The highest BCUT2D eigenvalue weighted by atomic mass is 32.2. The molecule has 1 N–H and O–H groups in total. The van der Waals surface area contributed by atoms with Crippen molar-refractivity contribution in [3.05, 3.63) is 29.8 Å². The van der Waals surface area contributed by atoms with Crippen LogP contribution in [0.4, 0.5) is 0 Å². The molecule has 0 spiro atoms. The highest BCUT2D eigenvalue weighted by molar-refractivity contribution is 7.89. The third-order valence-corrected chi connectivity index (χ3v) is 8.08. The predicted molar refractivity (Wildman–Crippen MR) is 99.3 cm³/mol. The first-order chi connectivity index (χ1) is 12.8. The number of fused-ring (bicyclic) bond motifs is 1. The molecule has 3 aliphatic rings. The van der Waals surface area contributed by atoms with Crippen LogP contribution in [0, 0.1) is 18.8 Å². The molecule has 3 fully saturated rings. The average Bonchev–Trinajstić information content (AvgIpc) is 3.13. The molecule has 0 radical (unpaired) electrons. The lowest BCUT2D eigenvalue weighted by molar-refractivity contribution is -0.129. The molecule has 27 heavy (non-hydrogen) atoms. The Morgan fingerprint density at radius 2 is 1.93 bits per heavy atom. The summed E-state index contributed by atoms with van der Waals surface area (Å²) < 4.78 is 27.7. The molecule has 7 nitrogen and oxygen atoms in total. The molecule has 0 aromatic heterocycles. The summed E-state index contributed by atoms with van der Waals surface area (Å²) in [6.07, 6.45) is 1.86. The van der Waals surface area contributed by atoms with Gasteiger partial charge in [-0.05, 0) is 37.8 Å². The summed E-state index contributed by atoms with van der Waals surface area (Å²) in [4.78, 5) is 26.1. The molecule has 4 rings (SSSR count). The third-order valence-electron chi connectivity index (χ3n) is 6.17. The maximum absolute atomic E-state index is 13.1. The molecule has 1 aliphatic carbocycles. The Hall–Kier alpha value is -1.93. The van der Waals surface area contributed by atoms with Gasteiger partial charge in [-0.2, -0.15) is 4.31 Å². The molecule has 2 aliphatic heterocycles. The molecule has 1 unspecified atom stereocenters. The van der Waals surface area contributed by atoms with Crippen LogP contribution < -0.4 is 5.32 Å². The standard InChI is InChI=1S/C19H25N3O4S/c1-12-3-5-15(6-4-12)27(25,26)22-8-7-13-9-16(18(13)22)20-19(24)14-10-17(23)21(2)11-14/h3-6,13-14,16,18H,7-11H2,1-2H3,(H,20,24)/t13-,14?,16+,18-/m1/s1. The van der Waals surface area contributed by atoms with Crippen LogP contribution in [0.3, 0.4) is 0 Å². The number of rotatable bonds is 4. The number of benzene rings is 1. The second-order valence-corrected chi connectivity index (χ2v) is 9.88. The van der Waals surface area contributed by atoms with Gasteiger partial charge in [-0.1, -0.05) is 17.7 Å². The van der Waals surface area contributed by atoms with Gasteiger partial charge in [0.15, 0.2) is 0 Å². The van der Waals surface area contributed by atoms with Crippen LogP contribution in [0.15, 0.2) is 29.2 Å². The van der Waals surface area contributed by atoms with Gasteiger partial charge in [-0.15, -0.1) is 0 Å². The summed E-state index contributed by atoms with van der Waals surface area (Å²) in [5.74, 6) is -0.213. The molecule has 1 saturated carbocycles. The minimum Gasteiger partial charge on any atom is -0.351 e. The molecule has 1 aromatic carbocycles. The minimum atomic E-state index is -3.57. The van der Waals surface area contributed by atoms with E-state index in [2.05, 4.69) is 5.32 Å². The molecule has 2 saturated heterocycles. The lowest BCUT2D eigenvalue weighted by Crippen LogP contribution is -2.61. The summed E-state index contributed by atoms with van der Waals surface area (Å²) in [6, 6.07) is 6.53. The molecule has 2 amide bonds. The zero-order chi connectivity index (χ0) is 19.3. The number of amides is 2. The Balaban J connectivity index is 1.47. The van der Waals surface area contributed by atoms with Gasteiger partial charge in [0.1, 0.15) is 0 Å². The van der Waals surface area contributed by atoms with E-state index in [0.717, 1.165) is 18.4 Å². The van der Waals surface area contributed by atoms with Crippen LogP contribution in [0.2, 0.25) is 0 Å². The molecule has 146 valence electrons. The number of nitrogens with zero attached hydrogens (tertiary/aromatic N) is 2. The average molecular weight is 391 g/mol. The van der Waals surface area contributed by atoms with E-state index in [9.17, 15) is 18.0 Å².